The van der Waals surface area contributed by atoms with Crippen molar-refractivity contribution in [2.24, 2.45) is 5.92 Å². The number of carbonyl (C=O) groups excluding carboxylic acids is 2. The number of amides is 2. The van der Waals surface area contributed by atoms with Gasteiger partial charge < -0.3 is 10.2 Å². The van der Waals surface area contributed by atoms with Crippen molar-refractivity contribution >= 4 is 11.8 Å². The van der Waals surface area contributed by atoms with Gasteiger partial charge >= 0.3 is 6.18 Å². The van der Waals surface area contributed by atoms with Crippen molar-refractivity contribution < 1.29 is 22.8 Å². The van der Waals surface area contributed by atoms with Gasteiger partial charge in [-0.15, -0.1) is 0 Å². The number of rotatable bonds is 2. The number of benzene rings is 1. The van der Waals surface area contributed by atoms with Crippen LogP contribution in [0.3, 0.4) is 0 Å². The Balaban J connectivity index is 1.88. The quantitative estimate of drug-likeness (QED) is 0.909. The Bertz CT molecular complexity index is 594. The molecule has 0 bridgehead atoms. The highest BCUT2D eigenvalue weighted by Crippen LogP contribution is 2.36. The van der Waals surface area contributed by atoms with Crippen LogP contribution in [0.2, 0.25) is 0 Å². The van der Waals surface area contributed by atoms with Crippen molar-refractivity contribution in [2.75, 3.05) is 13.1 Å². The number of nitrogens with zero attached hydrogens (tertiary/aromatic N) is 1. The summed E-state index contributed by atoms with van der Waals surface area (Å²) in [6.07, 6.45) is -2.79. The minimum Gasteiger partial charge on any atom is -0.352 e. The lowest BCUT2D eigenvalue weighted by Crippen LogP contribution is -2.52. The van der Waals surface area contributed by atoms with E-state index < -0.39 is 17.8 Å². The van der Waals surface area contributed by atoms with Gasteiger partial charge in [0.2, 0.25) is 11.8 Å². The van der Waals surface area contributed by atoms with E-state index in [2.05, 4.69) is 5.32 Å². The summed E-state index contributed by atoms with van der Waals surface area (Å²) in [6.45, 7) is 0.751. The average Bonchev–Trinajstić information content (AvgIpc) is 3.30. The number of piperazine rings is 1. The van der Waals surface area contributed by atoms with Gasteiger partial charge in [-0.05, 0) is 30.5 Å². The van der Waals surface area contributed by atoms with E-state index in [9.17, 15) is 22.8 Å². The standard InChI is InChI=1S/C15H15F3N2O2/c16-15(17,18)11-5-3-9(4-6-11)12-13(21)19-7-8-20(12)14(22)10-1-2-10/h3-6,10,12H,1-2,7-8H2,(H,19,21)/t12-/m1/s1. The lowest BCUT2D eigenvalue weighted by Gasteiger charge is -2.35. The zero-order valence-electron chi connectivity index (χ0n) is 11.7. The van der Waals surface area contributed by atoms with Gasteiger partial charge in [0.25, 0.3) is 0 Å². The fraction of sp³-hybridized carbons (Fsp3) is 0.467. The van der Waals surface area contributed by atoms with Crippen LogP contribution in [0.5, 0.6) is 0 Å². The summed E-state index contributed by atoms with van der Waals surface area (Å²) in [5, 5.41) is 2.66. The highest BCUT2D eigenvalue weighted by molar-refractivity contribution is 5.91. The minimum absolute atomic E-state index is 0.0390. The fourth-order valence-corrected chi connectivity index (χ4v) is 2.65. The van der Waals surface area contributed by atoms with Crippen LogP contribution in [0.15, 0.2) is 24.3 Å². The maximum atomic E-state index is 12.6. The molecule has 3 rings (SSSR count). The van der Waals surface area contributed by atoms with Crippen LogP contribution in [-0.2, 0) is 15.8 Å². The number of hydrogen-bond acceptors (Lipinski definition) is 2. The summed E-state index contributed by atoms with van der Waals surface area (Å²) in [4.78, 5) is 25.9. The van der Waals surface area contributed by atoms with Gasteiger partial charge in [-0.2, -0.15) is 13.2 Å². The Kier molecular flexibility index (Phi) is 3.58. The number of alkyl halides is 3. The molecular formula is C15H15F3N2O2. The molecule has 2 aliphatic rings. The second kappa shape index (κ2) is 5.30. The maximum Gasteiger partial charge on any atom is 0.416 e. The first-order valence-corrected chi connectivity index (χ1v) is 7.13. The van der Waals surface area contributed by atoms with Crippen molar-refractivity contribution in [3.05, 3.63) is 35.4 Å². The predicted molar refractivity (Wildman–Crippen MR) is 71.6 cm³/mol. The monoisotopic (exact) mass is 312 g/mol. The SMILES string of the molecule is O=C1NCCN(C(=O)C2CC2)[C@@H]1c1ccc(C(F)(F)F)cc1. The zero-order valence-corrected chi connectivity index (χ0v) is 11.7. The van der Waals surface area contributed by atoms with Gasteiger partial charge in [-0.25, -0.2) is 0 Å². The Morgan fingerprint density at radius 3 is 2.36 bits per heavy atom. The van der Waals surface area contributed by atoms with E-state index in [1.807, 2.05) is 0 Å². The first-order chi connectivity index (χ1) is 10.4. The summed E-state index contributed by atoms with van der Waals surface area (Å²) >= 11 is 0. The molecule has 1 heterocycles. The molecule has 2 amide bonds. The van der Waals surface area contributed by atoms with E-state index in [0.29, 0.717) is 18.7 Å². The first-order valence-electron chi connectivity index (χ1n) is 7.13. The van der Waals surface area contributed by atoms with Gasteiger partial charge in [-0.1, -0.05) is 12.1 Å². The smallest absolute Gasteiger partial charge is 0.352 e. The summed E-state index contributed by atoms with van der Waals surface area (Å²) in [7, 11) is 0. The molecule has 2 fully saturated rings. The zero-order chi connectivity index (χ0) is 15.9. The number of hydrogen-bond donors (Lipinski definition) is 1. The second-order valence-corrected chi connectivity index (χ2v) is 5.62. The van der Waals surface area contributed by atoms with Gasteiger partial charge in [0.15, 0.2) is 0 Å². The third-order valence-corrected chi connectivity index (χ3v) is 3.98. The molecule has 1 N–H and O–H groups in total. The summed E-state index contributed by atoms with van der Waals surface area (Å²) < 4.78 is 37.8. The molecule has 0 spiro atoms. The lowest BCUT2D eigenvalue weighted by molar-refractivity contribution is -0.144. The van der Waals surface area contributed by atoms with E-state index in [1.165, 1.54) is 17.0 Å². The number of halogens is 3. The molecule has 1 saturated heterocycles. The van der Waals surface area contributed by atoms with Crippen molar-refractivity contribution in [1.82, 2.24) is 10.2 Å². The van der Waals surface area contributed by atoms with Crippen LogP contribution in [0.4, 0.5) is 13.2 Å². The normalized spacial score (nSPS) is 22.4. The van der Waals surface area contributed by atoms with Gasteiger partial charge in [0.05, 0.1) is 5.56 Å². The molecule has 22 heavy (non-hydrogen) atoms. The molecule has 1 aromatic rings. The average molecular weight is 312 g/mol. The molecule has 118 valence electrons. The van der Waals surface area contributed by atoms with E-state index >= 15 is 0 Å². The van der Waals surface area contributed by atoms with E-state index in [1.54, 1.807) is 0 Å². The van der Waals surface area contributed by atoms with Crippen molar-refractivity contribution in [3.8, 4) is 0 Å². The topological polar surface area (TPSA) is 49.4 Å². The Morgan fingerprint density at radius 1 is 1.18 bits per heavy atom. The molecule has 1 aliphatic carbocycles. The van der Waals surface area contributed by atoms with E-state index in [0.717, 1.165) is 25.0 Å². The molecule has 1 aromatic carbocycles. The highest BCUT2D eigenvalue weighted by Gasteiger charge is 2.41. The molecule has 1 atom stereocenters. The molecule has 0 aromatic heterocycles. The minimum atomic E-state index is -4.42. The predicted octanol–water partition coefficient (Wildman–Crippen LogP) is 2.11. The van der Waals surface area contributed by atoms with Crippen molar-refractivity contribution in [3.63, 3.8) is 0 Å². The van der Waals surface area contributed by atoms with Crippen LogP contribution in [0.1, 0.15) is 30.0 Å². The van der Waals surface area contributed by atoms with Crippen LogP contribution >= 0.6 is 0 Å². The second-order valence-electron chi connectivity index (χ2n) is 5.62. The van der Waals surface area contributed by atoms with Crippen LogP contribution in [-0.4, -0.2) is 29.8 Å². The largest absolute Gasteiger partial charge is 0.416 e. The van der Waals surface area contributed by atoms with Crippen molar-refractivity contribution in [2.45, 2.75) is 25.1 Å². The van der Waals surface area contributed by atoms with Crippen molar-refractivity contribution in [1.29, 1.82) is 0 Å². The van der Waals surface area contributed by atoms with Gasteiger partial charge in [0.1, 0.15) is 6.04 Å². The Hall–Kier alpha value is -2.05. The molecule has 0 radical (unpaired) electrons. The molecule has 7 heteroatoms. The van der Waals surface area contributed by atoms with Crippen LogP contribution < -0.4 is 5.32 Å². The first kappa shape index (κ1) is 14.9. The summed E-state index contributed by atoms with van der Waals surface area (Å²) in [6, 6.07) is 3.58. The molecule has 4 nitrogen and oxygen atoms in total. The number of nitrogens with one attached hydrogen (secondary N) is 1. The molecular weight excluding hydrogens is 297 g/mol. The Morgan fingerprint density at radius 2 is 1.82 bits per heavy atom. The van der Waals surface area contributed by atoms with E-state index in [-0.39, 0.29) is 17.7 Å². The van der Waals surface area contributed by atoms with Crippen LogP contribution in [0, 0.1) is 5.92 Å². The Labute approximate surface area is 125 Å². The van der Waals surface area contributed by atoms with Gasteiger partial charge in [0, 0.05) is 19.0 Å². The summed E-state index contributed by atoms with van der Waals surface area (Å²) in [5.74, 6) is -0.470. The lowest BCUT2D eigenvalue weighted by atomic mass is 10.00. The fourth-order valence-electron chi connectivity index (χ4n) is 2.65. The number of carbonyl (C=O) groups is 2. The highest BCUT2D eigenvalue weighted by atomic mass is 19.4. The third kappa shape index (κ3) is 2.80. The third-order valence-electron chi connectivity index (χ3n) is 3.98. The molecule has 0 unspecified atom stereocenters. The maximum absolute atomic E-state index is 12.6. The molecule has 1 saturated carbocycles. The van der Waals surface area contributed by atoms with E-state index in [4.69, 9.17) is 0 Å². The summed E-state index contributed by atoms with van der Waals surface area (Å²) in [5.41, 5.74) is -0.369. The van der Waals surface area contributed by atoms with Gasteiger partial charge in [-0.3, -0.25) is 9.59 Å². The van der Waals surface area contributed by atoms with Crippen LogP contribution in [0.25, 0.3) is 0 Å². The molecule has 1 aliphatic heterocycles.